The zero-order valence-electron chi connectivity index (χ0n) is 13.8. The average molecular weight is 350 g/mol. The number of carbonyl (C=O) groups is 1. The third kappa shape index (κ3) is 3.15. The molecular weight excluding hydrogens is 332 g/mol. The Hall–Kier alpha value is -2.32. The fraction of sp³-hybridized carbons (Fsp3) is 0.312. The lowest BCUT2D eigenvalue weighted by atomic mass is 9.85. The molecule has 1 aromatic rings. The van der Waals surface area contributed by atoms with Crippen LogP contribution in [-0.4, -0.2) is 28.8 Å². The van der Waals surface area contributed by atoms with Gasteiger partial charge < -0.3 is 14.6 Å². The van der Waals surface area contributed by atoms with Crippen molar-refractivity contribution in [2.75, 3.05) is 13.4 Å². The van der Waals surface area contributed by atoms with E-state index in [1.165, 1.54) is 19.4 Å². The first-order valence-corrected chi connectivity index (χ1v) is 8.69. The number of hydrogen-bond donors (Lipinski definition) is 1. The number of allylic oxidation sites excluding steroid dienone is 3. The van der Waals surface area contributed by atoms with Crippen LogP contribution in [0.3, 0.4) is 0 Å². The molecule has 24 heavy (non-hydrogen) atoms. The molecule has 2 rings (SSSR count). The van der Waals surface area contributed by atoms with Gasteiger partial charge in [0.25, 0.3) is 5.69 Å². The van der Waals surface area contributed by atoms with Crippen molar-refractivity contribution in [1.82, 2.24) is 5.32 Å². The Bertz CT molecular complexity index is 755. The van der Waals surface area contributed by atoms with Gasteiger partial charge in [-0.05, 0) is 25.0 Å². The second-order valence-electron chi connectivity index (χ2n) is 5.35. The molecular formula is C16H18N2O5S. The minimum atomic E-state index is -1.44. The lowest BCUT2D eigenvalue weighted by Crippen LogP contribution is -2.31. The summed E-state index contributed by atoms with van der Waals surface area (Å²) >= 11 is -1.44. The van der Waals surface area contributed by atoms with Crippen LogP contribution in [0.25, 0.3) is 0 Å². The summed E-state index contributed by atoms with van der Waals surface area (Å²) in [4.78, 5) is 23.6. The maximum absolute atomic E-state index is 12.3. The second-order valence-corrected chi connectivity index (χ2v) is 6.70. The number of esters is 1. The summed E-state index contributed by atoms with van der Waals surface area (Å²) in [5.74, 6) is -1.41. The number of dihydropyridines is 1. The normalized spacial score (nSPS) is 19.0. The van der Waals surface area contributed by atoms with E-state index in [4.69, 9.17) is 4.74 Å². The van der Waals surface area contributed by atoms with Crippen LogP contribution in [0.4, 0.5) is 5.69 Å². The summed E-state index contributed by atoms with van der Waals surface area (Å²) in [6, 6.07) is 6.15. The first-order valence-electron chi connectivity index (χ1n) is 7.13. The Morgan fingerprint density at radius 2 is 1.92 bits per heavy atom. The van der Waals surface area contributed by atoms with Gasteiger partial charge in [0.1, 0.15) is 6.26 Å². The van der Waals surface area contributed by atoms with E-state index in [9.17, 15) is 19.5 Å². The highest BCUT2D eigenvalue weighted by atomic mass is 32.2. The van der Waals surface area contributed by atoms with Crippen LogP contribution in [0.15, 0.2) is 46.1 Å². The number of nitro benzene ring substituents is 1. The molecule has 8 heteroatoms. The lowest BCUT2D eigenvalue weighted by molar-refractivity contribution is -0.385. The van der Waals surface area contributed by atoms with E-state index in [0.29, 0.717) is 21.9 Å². The van der Waals surface area contributed by atoms with E-state index in [-0.39, 0.29) is 11.3 Å². The van der Waals surface area contributed by atoms with Crippen LogP contribution in [-0.2, 0) is 20.7 Å². The lowest BCUT2D eigenvalue weighted by Gasteiger charge is -2.29. The molecule has 0 bridgehead atoms. The zero-order chi connectivity index (χ0) is 18.0. The van der Waals surface area contributed by atoms with Gasteiger partial charge in [-0.2, -0.15) is 0 Å². The minimum Gasteiger partial charge on any atom is -0.612 e. The summed E-state index contributed by atoms with van der Waals surface area (Å²) in [5, 5.41) is 14.4. The predicted octanol–water partition coefficient (Wildman–Crippen LogP) is 2.34. The molecule has 1 aromatic carbocycles. The smallest absolute Gasteiger partial charge is 0.336 e. The van der Waals surface area contributed by atoms with Crippen molar-refractivity contribution < 1.29 is 19.0 Å². The number of hydrogen-bond acceptors (Lipinski definition) is 6. The van der Waals surface area contributed by atoms with Gasteiger partial charge in [0.2, 0.25) is 0 Å². The quantitative estimate of drug-likeness (QED) is 0.387. The number of ether oxygens (including phenoxy) is 1. The van der Waals surface area contributed by atoms with Crippen molar-refractivity contribution in [3.63, 3.8) is 0 Å². The number of nitrogens with one attached hydrogen (secondary N) is 1. The van der Waals surface area contributed by atoms with Crippen molar-refractivity contribution in [1.29, 1.82) is 0 Å². The van der Waals surface area contributed by atoms with E-state index >= 15 is 0 Å². The van der Waals surface area contributed by atoms with E-state index in [0.717, 1.165) is 0 Å². The minimum absolute atomic E-state index is 0.130. The number of rotatable bonds is 4. The Balaban J connectivity index is 2.78. The van der Waals surface area contributed by atoms with Crippen molar-refractivity contribution in [2.45, 2.75) is 19.8 Å². The zero-order valence-corrected chi connectivity index (χ0v) is 14.6. The summed E-state index contributed by atoms with van der Waals surface area (Å²) in [6.07, 6.45) is 1.48. The highest BCUT2D eigenvalue weighted by Gasteiger charge is 2.41. The molecule has 0 fully saturated rings. The van der Waals surface area contributed by atoms with Gasteiger partial charge in [-0.3, -0.25) is 10.1 Å². The fourth-order valence-corrected chi connectivity index (χ4v) is 3.99. The van der Waals surface area contributed by atoms with Crippen molar-refractivity contribution in [3.8, 4) is 0 Å². The maximum Gasteiger partial charge on any atom is 0.336 e. The Kier molecular flexibility index (Phi) is 5.30. The first kappa shape index (κ1) is 18.0. The van der Waals surface area contributed by atoms with E-state index in [1.807, 2.05) is 0 Å². The molecule has 1 N–H and O–H groups in total. The molecule has 7 nitrogen and oxygen atoms in total. The summed E-state index contributed by atoms with van der Waals surface area (Å²) in [6.45, 7) is 3.42. The third-order valence-corrected chi connectivity index (χ3v) is 5.02. The van der Waals surface area contributed by atoms with Gasteiger partial charge in [0.15, 0.2) is 4.91 Å². The Labute approximate surface area is 142 Å². The summed E-state index contributed by atoms with van der Waals surface area (Å²) in [7, 11) is 1.24. The number of benzene rings is 1. The molecule has 0 saturated carbocycles. The molecule has 0 radical (unpaired) electrons. The van der Waals surface area contributed by atoms with Crippen LogP contribution < -0.4 is 5.32 Å². The van der Waals surface area contributed by atoms with Gasteiger partial charge >= 0.3 is 5.97 Å². The molecule has 2 unspecified atom stereocenters. The van der Waals surface area contributed by atoms with Gasteiger partial charge in [0.05, 0.1) is 29.2 Å². The van der Waals surface area contributed by atoms with Crippen LogP contribution in [0, 0.1) is 10.1 Å². The average Bonchev–Trinajstić information content (AvgIpc) is 2.52. The molecule has 0 saturated heterocycles. The fourth-order valence-electron chi connectivity index (χ4n) is 2.93. The molecule has 0 aromatic heterocycles. The van der Waals surface area contributed by atoms with Gasteiger partial charge in [-0.25, -0.2) is 4.79 Å². The van der Waals surface area contributed by atoms with Gasteiger partial charge in [-0.1, -0.05) is 18.2 Å². The standard InChI is InChI=1S/C16H18N2O5S/c1-9-13(16(19)23-3)14(15(24(4)22)10(2)17-9)11-7-5-6-8-12(11)18(20)21/h5-8,14,17H,1-4H3. The van der Waals surface area contributed by atoms with E-state index in [1.54, 1.807) is 32.0 Å². The van der Waals surface area contributed by atoms with Crippen molar-refractivity contribution in [3.05, 3.63) is 61.8 Å². The maximum atomic E-state index is 12.3. The number of nitrogens with zero attached hydrogens (tertiary/aromatic N) is 1. The largest absolute Gasteiger partial charge is 0.612 e. The molecule has 1 heterocycles. The van der Waals surface area contributed by atoms with Gasteiger partial charge in [-0.15, -0.1) is 0 Å². The van der Waals surface area contributed by atoms with E-state index in [2.05, 4.69) is 5.32 Å². The predicted molar refractivity (Wildman–Crippen MR) is 90.5 cm³/mol. The van der Waals surface area contributed by atoms with Crippen molar-refractivity contribution in [2.24, 2.45) is 0 Å². The molecule has 2 atom stereocenters. The number of nitro groups is 1. The first-order chi connectivity index (χ1) is 11.3. The van der Waals surface area contributed by atoms with Crippen LogP contribution in [0.5, 0.6) is 0 Å². The summed E-state index contributed by atoms with van der Waals surface area (Å²) < 4.78 is 17.2. The number of carbonyl (C=O) groups excluding carboxylic acids is 1. The molecule has 128 valence electrons. The number of methoxy groups -OCH3 is 1. The molecule has 0 amide bonds. The monoisotopic (exact) mass is 350 g/mol. The number of para-hydroxylation sites is 1. The van der Waals surface area contributed by atoms with Crippen molar-refractivity contribution >= 4 is 22.8 Å². The Morgan fingerprint density at radius 3 is 2.46 bits per heavy atom. The molecule has 1 aliphatic heterocycles. The highest BCUT2D eigenvalue weighted by molar-refractivity contribution is 7.94. The SMILES string of the molecule is COC(=O)C1=C(C)NC(C)=C([S+](C)[O-])C1c1ccccc1[N+](=O)[O-]. The third-order valence-electron chi connectivity index (χ3n) is 3.86. The van der Waals surface area contributed by atoms with Crippen LogP contribution >= 0.6 is 0 Å². The summed E-state index contributed by atoms with van der Waals surface area (Å²) in [5.41, 5.74) is 1.55. The topological polar surface area (TPSA) is 105 Å². The van der Waals surface area contributed by atoms with E-state index < -0.39 is 28.0 Å². The second kappa shape index (κ2) is 7.06. The Morgan fingerprint density at radius 1 is 1.29 bits per heavy atom. The molecule has 0 aliphatic carbocycles. The van der Waals surface area contributed by atoms with Crippen LogP contribution in [0.1, 0.15) is 25.3 Å². The van der Waals surface area contributed by atoms with Gasteiger partial charge in [0, 0.05) is 17.3 Å². The highest BCUT2D eigenvalue weighted by Crippen LogP contribution is 2.43. The van der Waals surface area contributed by atoms with Crippen LogP contribution in [0.2, 0.25) is 0 Å². The molecule has 1 aliphatic rings. The molecule has 0 spiro atoms.